The van der Waals surface area contributed by atoms with Gasteiger partial charge in [0.25, 0.3) is 11.6 Å². The van der Waals surface area contributed by atoms with Gasteiger partial charge in [0.2, 0.25) is 0 Å². The Labute approximate surface area is 161 Å². The van der Waals surface area contributed by atoms with Crippen LogP contribution in [0.4, 0.5) is 17.1 Å². The Morgan fingerprint density at radius 2 is 1.32 bits per heavy atom. The molecule has 0 spiro atoms. The van der Waals surface area contributed by atoms with Gasteiger partial charge in [0.05, 0.1) is 25.2 Å². The first-order chi connectivity index (χ1) is 13.6. The molecule has 0 saturated carbocycles. The molecule has 28 heavy (non-hydrogen) atoms. The number of para-hydroxylation sites is 2. The van der Waals surface area contributed by atoms with Gasteiger partial charge >= 0.3 is 0 Å². The maximum Gasteiger partial charge on any atom is 0.286 e. The normalized spacial score (nSPS) is 10.2. The zero-order valence-corrected chi connectivity index (χ0v) is 15.4. The summed E-state index contributed by atoms with van der Waals surface area (Å²) in [6.07, 6.45) is 0. The Hall–Kier alpha value is -3.87. The molecule has 1 amide bonds. The van der Waals surface area contributed by atoms with Crippen molar-refractivity contribution in [3.8, 4) is 11.5 Å². The lowest BCUT2D eigenvalue weighted by Gasteiger charge is -2.23. The van der Waals surface area contributed by atoms with Crippen LogP contribution in [0.2, 0.25) is 0 Å². The average Bonchev–Trinajstić information content (AvgIpc) is 2.74. The minimum Gasteiger partial charge on any atom is -0.493 e. The summed E-state index contributed by atoms with van der Waals surface area (Å²) in [6, 6.07) is 20.4. The van der Waals surface area contributed by atoms with Crippen LogP contribution in [0, 0.1) is 10.1 Å². The number of carbonyl (C=O) groups excluding carboxylic acids is 1. The number of ether oxygens (including phenoxy) is 2. The van der Waals surface area contributed by atoms with Crippen molar-refractivity contribution in [2.75, 3.05) is 19.1 Å². The van der Waals surface area contributed by atoms with E-state index in [2.05, 4.69) is 0 Å². The molecular formula is C21H18N2O5. The van der Waals surface area contributed by atoms with Gasteiger partial charge in [-0.15, -0.1) is 0 Å². The molecule has 7 nitrogen and oxygen atoms in total. The molecule has 0 heterocycles. The van der Waals surface area contributed by atoms with Crippen LogP contribution in [0.15, 0.2) is 72.8 Å². The highest BCUT2D eigenvalue weighted by atomic mass is 16.6. The Balaban J connectivity index is 2.20. The molecule has 7 heteroatoms. The van der Waals surface area contributed by atoms with Gasteiger partial charge in [0.15, 0.2) is 11.5 Å². The summed E-state index contributed by atoms with van der Waals surface area (Å²) in [7, 11) is 2.79. The first-order valence-electron chi connectivity index (χ1n) is 8.41. The molecule has 0 aliphatic carbocycles. The van der Waals surface area contributed by atoms with E-state index in [9.17, 15) is 14.9 Å². The molecule has 3 aromatic rings. The molecule has 0 atom stereocenters. The molecule has 0 aliphatic heterocycles. The summed E-state index contributed by atoms with van der Waals surface area (Å²) in [5.41, 5.74) is 0.709. The standard InChI is InChI=1S/C21H18N2O5/c1-27-19-13-17(18(23(25)26)14-20(19)28-2)21(24)22(15-9-5-3-6-10-15)16-11-7-4-8-12-16/h3-14H,1-2H3. The summed E-state index contributed by atoms with van der Waals surface area (Å²) in [6.45, 7) is 0. The van der Waals surface area contributed by atoms with Crippen molar-refractivity contribution >= 4 is 23.0 Å². The molecule has 0 fully saturated rings. The van der Waals surface area contributed by atoms with Crippen molar-refractivity contribution < 1.29 is 19.2 Å². The summed E-state index contributed by atoms with van der Waals surface area (Å²) >= 11 is 0. The largest absolute Gasteiger partial charge is 0.493 e. The molecule has 0 bridgehead atoms. The fourth-order valence-corrected chi connectivity index (χ4v) is 2.85. The SMILES string of the molecule is COc1cc(C(=O)N(c2ccccc2)c2ccccc2)c([N+](=O)[O-])cc1OC. The minimum atomic E-state index is -0.608. The van der Waals surface area contributed by atoms with Gasteiger partial charge in [-0.05, 0) is 24.3 Å². The van der Waals surface area contributed by atoms with Crippen molar-refractivity contribution in [2.45, 2.75) is 0 Å². The number of nitrogens with zero attached hydrogens (tertiary/aromatic N) is 2. The number of hydrogen-bond acceptors (Lipinski definition) is 5. The average molecular weight is 378 g/mol. The second-order valence-corrected chi connectivity index (χ2v) is 5.79. The van der Waals surface area contributed by atoms with E-state index in [0.717, 1.165) is 0 Å². The molecule has 0 unspecified atom stereocenters. The molecule has 142 valence electrons. The van der Waals surface area contributed by atoms with Crippen molar-refractivity contribution in [1.29, 1.82) is 0 Å². The third kappa shape index (κ3) is 3.64. The van der Waals surface area contributed by atoms with E-state index in [4.69, 9.17) is 9.47 Å². The quantitative estimate of drug-likeness (QED) is 0.463. The molecule has 0 aliphatic rings. The van der Waals surface area contributed by atoms with Crippen molar-refractivity contribution in [3.63, 3.8) is 0 Å². The smallest absolute Gasteiger partial charge is 0.286 e. The molecular weight excluding hydrogens is 360 g/mol. The molecule has 0 N–H and O–H groups in total. The van der Waals surface area contributed by atoms with Crippen LogP contribution in [0.25, 0.3) is 0 Å². The van der Waals surface area contributed by atoms with E-state index in [0.29, 0.717) is 11.4 Å². The summed E-state index contributed by atoms with van der Waals surface area (Å²) in [5.74, 6) is -0.140. The molecule has 0 aromatic heterocycles. The van der Waals surface area contributed by atoms with Crippen LogP contribution in [-0.4, -0.2) is 25.1 Å². The van der Waals surface area contributed by atoms with E-state index < -0.39 is 10.8 Å². The number of methoxy groups -OCH3 is 2. The third-order valence-electron chi connectivity index (χ3n) is 4.16. The van der Waals surface area contributed by atoms with Gasteiger partial charge < -0.3 is 9.47 Å². The van der Waals surface area contributed by atoms with Gasteiger partial charge in [-0.2, -0.15) is 0 Å². The first kappa shape index (κ1) is 18.9. The van der Waals surface area contributed by atoms with Gasteiger partial charge in [-0.1, -0.05) is 36.4 Å². The lowest BCUT2D eigenvalue weighted by molar-refractivity contribution is -0.385. The number of nitro groups is 1. The number of nitro benzene ring substituents is 1. The maximum atomic E-state index is 13.5. The molecule has 0 saturated heterocycles. The maximum absolute atomic E-state index is 13.5. The van der Waals surface area contributed by atoms with Crippen LogP contribution >= 0.6 is 0 Å². The van der Waals surface area contributed by atoms with Crippen LogP contribution < -0.4 is 14.4 Å². The first-order valence-corrected chi connectivity index (χ1v) is 8.41. The molecule has 3 rings (SSSR count). The van der Waals surface area contributed by atoms with Crippen LogP contribution in [0.1, 0.15) is 10.4 Å². The van der Waals surface area contributed by atoms with Crippen LogP contribution in [-0.2, 0) is 0 Å². The number of anilines is 2. The predicted octanol–water partition coefficient (Wildman–Crippen LogP) is 4.59. The Bertz CT molecular complexity index is 951. The Morgan fingerprint density at radius 3 is 1.75 bits per heavy atom. The number of carbonyl (C=O) groups is 1. The van der Waals surface area contributed by atoms with E-state index >= 15 is 0 Å². The third-order valence-corrected chi connectivity index (χ3v) is 4.16. The highest BCUT2D eigenvalue weighted by Crippen LogP contribution is 2.37. The fourth-order valence-electron chi connectivity index (χ4n) is 2.85. The Morgan fingerprint density at radius 1 is 0.857 bits per heavy atom. The van der Waals surface area contributed by atoms with Gasteiger partial charge in [-0.25, -0.2) is 0 Å². The summed E-state index contributed by atoms with van der Waals surface area (Å²) in [5, 5.41) is 11.6. The lowest BCUT2D eigenvalue weighted by atomic mass is 10.1. The topological polar surface area (TPSA) is 81.9 Å². The van der Waals surface area contributed by atoms with E-state index in [1.807, 2.05) is 12.1 Å². The zero-order valence-electron chi connectivity index (χ0n) is 15.4. The summed E-state index contributed by atoms with van der Waals surface area (Å²) in [4.78, 5) is 25.9. The monoisotopic (exact) mass is 378 g/mol. The van der Waals surface area contributed by atoms with Gasteiger partial charge in [-0.3, -0.25) is 19.8 Å². The van der Waals surface area contributed by atoms with E-state index in [1.54, 1.807) is 48.5 Å². The van der Waals surface area contributed by atoms with Crippen molar-refractivity contribution in [1.82, 2.24) is 0 Å². The predicted molar refractivity (Wildman–Crippen MR) is 106 cm³/mol. The van der Waals surface area contributed by atoms with Crippen molar-refractivity contribution in [3.05, 3.63) is 88.5 Å². The highest BCUT2D eigenvalue weighted by molar-refractivity contribution is 6.13. The summed E-state index contributed by atoms with van der Waals surface area (Å²) < 4.78 is 10.4. The zero-order chi connectivity index (χ0) is 20.1. The van der Waals surface area contributed by atoms with Crippen LogP contribution in [0.3, 0.4) is 0 Å². The lowest BCUT2D eigenvalue weighted by Crippen LogP contribution is -2.26. The number of benzene rings is 3. The Kier molecular flexibility index (Phi) is 5.55. The molecule has 3 aromatic carbocycles. The highest BCUT2D eigenvalue weighted by Gasteiger charge is 2.29. The fraction of sp³-hybridized carbons (Fsp3) is 0.0952. The van der Waals surface area contributed by atoms with E-state index in [1.165, 1.54) is 31.3 Å². The number of rotatable bonds is 6. The second kappa shape index (κ2) is 8.22. The van der Waals surface area contributed by atoms with Gasteiger partial charge in [0, 0.05) is 17.4 Å². The van der Waals surface area contributed by atoms with Crippen molar-refractivity contribution in [2.24, 2.45) is 0 Å². The number of amides is 1. The number of hydrogen-bond donors (Lipinski definition) is 0. The van der Waals surface area contributed by atoms with Crippen LogP contribution in [0.5, 0.6) is 11.5 Å². The second-order valence-electron chi connectivity index (χ2n) is 5.79. The van der Waals surface area contributed by atoms with Gasteiger partial charge in [0.1, 0.15) is 5.56 Å². The molecule has 0 radical (unpaired) electrons. The minimum absolute atomic E-state index is 0.102. The van der Waals surface area contributed by atoms with E-state index in [-0.39, 0.29) is 22.7 Å².